The molecule has 19 heavy (non-hydrogen) atoms. The van der Waals surface area contributed by atoms with Crippen molar-refractivity contribution in [2.24, 2.45) is 11.1 Å². The smallest absolute Gasteiger partial charge is 0.234 e. The van der Waals surface area contributed by atoms with Gasteiger partial charge in [-0.05, 0) is 30.5 Å². The summed E-state index contributed by atoms with van der Waals surface area (Å²) in [4.78, 5) is 12.3. The van der Waals surface area contributed by atoms with Gasteiger partial charge in [-0.2, -0.15) is 0 Å². The SMILES string of the molecule is CC(C)c1ccc(NC(=O)C2(C)COCC2N)cc1. The van der Waals surface area contributed by atoms with Crippen LogP contribution in [0.15, 0.2) is 24.3 Å². The number of carbonyl (C=O) groups is 1. The van der Waals surface area contributed by atoms with Crippen LogP contribution in [0.5, 0.6) is 0 Å². The highest BCUT2D eigenvalue weighted by molar-refractivity contribution is 5.96. The first-order valence-electron chi connectivity index (χ1n) is 6.68. The van der Waals surface area contributed by atoms with Gasteiger partial charge in [-0.15, -0.1) is 0 Å². The van der Waals surface area contributed by atoms with Crippen LogP contribution < -0.4 is 11.1 Å². The van der Waals surface area contributed by atoms with Crippen LogP contribution in [0.1, 0.15) is 32.3 Å². The first-order chi connectivity index (χ1) is 8.93. The predicted octanol–water partition coefficient (Wildman–Crippen LogP) is 2.11. The summed E-state index contributed by atoms with van der Waals surface area (Å²) in [7, 11) is 0. The molecule has 1 amide bonds. The Morgan fingerprint density at radius 2 is 2.05 bits per heavy atom. The summed E-state index contributed by atoms with van der Waals surface area (Å²) in [6, 6.07) is 7.68. The number of nitrogens with one attached hydrogen (secondary N) is 1. The Hall–Kier alpha value is -1.39. The van der Waals surface area contributed by atoms with Crippen LogP contribution in [0, 0.1) is 5.41 Å². The Balaban J connectivity index is 2.06. The highest BCUT2D eigenvalue weighted by Gasteiger charge is 2.44. The average molecular weight is 262 g/mol. The van der Waals surface area contributed by atoms with E-state index in [9.17, 15) is 4.79 Å². The van der Waals surface area contributed by atoms with Gasteiger partial charge in [0.2, 0.25) is 5.91 Å². The Morgan fingerprint density at radius 1 is 1.42 bits per heavy atom. The fraction of sp³-hybridized carbons (Fsp3) is 0.533. The molecule has 0 bridgehead atoms. The number of amides is 1. The van der Waals surface area contributed by atoms with Crippen molar-refractivity contribution < 1.29 is 9.53 Å². The zero-order valence-corrected chi connectivity index (χ0v) is 11.8. The maximum absolute atomic E-state index is 12.3. The summed E-state index contributed by atoms with van der Waals surface area (Å²) in [5.41, 5.74) is 7.36. The quantitative estimate of drug-likeness (QED) is 0.877. The summed E-state index contributed by atoms with van der Waals surface area (Å²) in [5.74, 6) is 0.411. The molecule has 3 N–H and O–H groups in total. The molecule has 1 aliphatic rings. The number of anilines is 1. The molecule has 2 unspecified atom stereocenters. The molecule has 0 saturated carbocycles. The van der Waals surface area contributed by atoms with Crippen molar-refractivity contribution in [1.82, 2.24) is 0 Å². The van der Waals surface area contributed by atoms with Gasteiger partial charge in [0.05, 0.1) is 18.6 Å². The molecule has 1 aliphatic heterocycles. The molecule has 1 fully saturated rings. The van der Waals surface area contributed by atoms with Gasteiger partial charge in [-0.25, -0.2) is 0 Å². The van der Waals surface area contributed by atoms with Crippen LogP contribution in [0.2, 0.25) is 0 Å². The maximum Gasteiger partial charge on any atom is 0.234 e. The van der Waals surface area contributed by atoms with E-state index in [1.807, 2.05) is 31.2 Å². The molecule has 0 aliphatic carbocycles. The monoisotopic (exact) mass is 262 g/mol. The van der Waals surface area contributed by atoms with E-state index in [1.54, 1.807) is 0 Å². The minimum atomic E-state index is -0.642. The largest absolute Gasteiger partial charge is 0.379 e. The molecule has 4 heteroatoms. The zero-order chi connectivity index (χ0) is 14.0. The highest BCUT2D eigenvalue weighted by Crippen LogP contribution is 2.29. The number of nitrogens with two attached hydrogens (primary N) is 1. The van der Waals surface area contributed by atoms with Gasteiger partial charge in [0, 0.05) is 11.7 Å². The van der Waals surface area contributed by atoms with E-state index >= 15 is 0 Å². The Morgan fingerprint density at radius 3 is 2.53 bits per heavy atom. The predicted molar refractivity (Wildman–Crippen MR) is 76.1 cm³/mol. The highest BCUT2D eigenvalue weighted by atomic mass is 16.5. The molecule has 2 atom stereocenters. The molecule has 104 valence electrons. The maximum atomic E-state index is 12.3. The van der Waals surface area contributed by atoms with E-state index in [0.717, 1.165) is 5.69 Å². The molecule has 1 aromatic carbocycles. The fourth-order valence-corrected chi connectivity index (χ4v) is 2.15. The van der Waals surface area contributed by atoms with Gasteiger partial charge in [0.15, 0.2) is 0 Å². The van der Waals surface area contributed by atoms with E-state index in [4.69, 9.17) is 10.5 Å². The number of hydrogen-bond acceptors (Lipinski definition) is 3. The molecular formula is C15H22N2O2. The van der Waals surface area contributed by atoms with Crippen molar-refractivity contribution in [2.75, 3.05) is 18.5 Å². The molecule has 0 spiro atoms. The van der Waals surface area contributed by atoms with Crippen LogP contribution in [-0.4, -0.2) is 25.2 Å². The van der Waals surface area contributed by atoms with Gasteiger partial charge in [-0.1, -0.05) is 26.0 Å². The number of ether oxygens (including phenoxy) is 1. The number of benzene rings is 1. The van der Waals surface area contributed by atoms with Crippen molar-refractivity contribution in [1.29, 1.82) is 0 Å². The lowest BCUT2D eigenvalue weighted by Gasteiger charge is -2.25. The molecule has 2 rings (SSSR count). The van der Waals surface area contributed by atoms with E-state index in [2.05, 4.69) is 19.2 Å². The molecule has 0 radical (unpaired) electrons. The van der Waals surface area contributed by atoms with E-state index in [1.165, 1.54) is 5.56 Å². The lowest BCUT2D eigenvalue weighted by Crippen LogP contribution is -2.47. The standard InChI is InChI=1S/C15H22N2O2/c1-10(2)11-4-6-12(7-5-11)17-14(18)15(3)9-19-8-13(15)16/h4-7,10,13H,8-9,16H2,1-3H3,(H,17,18). The minimum Gasteiger partial charge on any atom is -0.379 e. The second kappa shape index (κ2) is 5.31. The van der Waals surface area contributed by atoms with Crippen LogP contribution in [0.25, 0.3) is 0 Å². The first kappa shape index (κ1) is 14.0. The zero-order valence-electron chi connectivity index (χ0n) is 11.8. The lowest BCUT2D eigenvalue weighted by atomic mass is 9.85. The summed E-state index contributed by atoms with van der Waals surface area (Å²) in [5, 5.41) is 2.92. The van der Waals surface area contributed by atoms with Crippen LogP contribution >= 0.6 is 0 Å². The summed E-state index contributed by atoms with van der Waals surface area (Å²) in [6.45, 7) is 6.95. The minimum absolute atomic E-state index is 0.0743. The van der Waals surface area contributed by atoms with Crippen LogP contribution in [0.3, 0.4) is 0 Å². The molecule has 4 nitrogen and oxygen atoms in total. The van der Waals surface area contributed by atoms with Crippen LogP contribution in [-0.2, 0) is 9.53 Å². The normalized spacial score (nSPS) is 26.7. The summed E-state index contributed by atoms with van der Waals surface area (Å²) in [6.07, 6.45) is 0. The Bertz CT molecular complexity index is 456. The number of rotatable bonds is 3. The summed E-state index contributed by atoms with van der Waals surface area (Å²) < 4.78 is 5.30. The number of carbonyl (C=O) groups excluding carboxylic acids is 1. The van der Waals surface area contributed by atoms with Crippen LogP contribution in [0.4, 0.5) is 5.69 Å². The summed E-state index contributed by atoms with van der Waals surface area (Å²) >= 11 is 0. The second-order valence-corrected chi connectivity index (χ2v) is 5.77. The van der Waals surface area contributed by atoms with Crippen molar-refractivity contribution in [3.8, 4) is 0 Å². The molecule has 1 saturated heterocycles. The molecule has 1 aromatic rings. The third-order valence-corrected chi connectivity index (χ3v) is 3.87. The Labute approximate surface area is 114 Å². The van der Waals surface area contributed by atoms with Crippen molar-refractivity contribution in [3.63, 3.8) is 0 Å². The molecular weight excluding hydrogens is 240 g/mol. The van der Waals surface area contributed by atoms with Gasteiger partial charge >= 0.3 is 0 Å². The van der Waals surface area contributed by atoms with Gasteiger partial charge in [-0.3, -0.25) is 4.79 Å². The van der Waals surface area contributed by atoms with E-state index in [-0.39, 0.29) is 11.9 Å². The molecule has 1 heterocycles. The lowest BCUT2D eigenvalue weighted by molar-refractivity contribution is -0.125. The van der Waals surface area contributed by atoms with E-state index in [0.29, 0.717) is 19.1 Å². The topological polar surface area (TPSA) is 64.3 Å². The van der Waals surface area contributed by atoms with Gasteiger partial charge in [0.25, 0.3) is 0 Å². The van der Waals surface area contributed by atoms with Crippen molar-refractivity contribution >= 4 is 11.6 Å². The fourth-order valence-electron chi connectivity index (χ4n) is 2.15. The van der Waals surface area contributed by atoms with Gasteiger partial charge < -0.3 is 15.8 Å². The number of hydrogen-bond donors (Lipinski definition) is 2. The average Bonchev–Trinajstić information content (AvgIpc) is 2.71. The Kier molecular flexibility index (Phi) is 3.92. The van der Waals surface area contributed by atoms with Gasteiger partial charge in [0.1, 0.15) is 0 Å². The second-order valence-electron chi connectivity index (χ2n) is 5.77. The van der Waals surface area contributed by atoms with E-state index < -0.39 is 5.41 Å². The van der Waals surface area contributed by atoms with Crippen molar-refractivity contribution in [3.05, 3.63) is 29.8 Å². The molecule has 0 aromatic heterocycles. The van der Waals surface area contributed by atoms with Crippen molar-refractivity contribution in [2.45, 2.75) is 32.7 Å². The third kappa shape index (κ3) is 2.80. The first-order valence-corrected chi connectivity index (χ1v) is 6.68. The third-order valence-electron chi connectivity index (χ3n) is 3.87.